The molecule has 2 aromatic heterocycles. The third-order valence-corrected chi connectivity index (χ3v) is 7.81. The van der Waals surface area contributed by atoms with Gasteiger partial charge in [0.15, 0.2) is 5.82 Å². The molecular weight excluding hydrogens is 425 g/mol. The van der Waals surface area contributed by atoms with Gasteiger partial charge in [-0.25, -0.2) is 9.37 Å². The van der Waals surface area contributed by atoms with Crippen LogP contribution in [0.25, 0.3) is 33.4 Å². The molecule has 1 saturated carbocycles. The molecule has 6 rings (SSSR count). The summed E-state index contributed by atoms with van der Waals surface area (Å²) >= 11 is 0. The molecule has 1 aliphatic carbocycles. The molecule has 0 amide bonds. The van der Waals surface area contributed by atoms with Crippen molar-refractivity contribution in [3.63, 3.8) is 0 Å². The van der Waals surface area contributed by atoms with Crippen LogP contribution in [-0.4, -0.2) is 29.7 Å². The van der Waals surface area contributed by atoms with Crippen molar-refractivity contribution < 1.29 is 9.13 Å². The lowest BCUT2D eigenvalue weighted by molar-refractivity contribution is 0.0705. The monoisotopic (exact) mass is 455 g/mol. The van der Waals surface area contributed by atoms with Crippen LogP contribution >= 0.6 is 0 Å². The predicted octanol–water partition coefficient (Wildman–Crippen LogP) is 6.68. The predicted molar refractivity (Wildman–Crippen MR) is 135 cm³/mol. The molecule has 0 spiro atoms. The summed E-state index contributed by atoms with van der Waals surface area (Å²) in [4.78, 5) is 8.11. The molecular formula is C29H30FN3O. The molecule has 4 nitrogen and oxygen atoms in total. The Morgan fingerprint density at radius 3 is 2.44 bits per heavy atom. The maximum absolute atomic E-state index is 15.0. The smallest absolute Gasteiger partial charge is 0.151 e. The number of benzene rings is 2. The maximum Gasteiger partial charge on any atom is 0.151 e. The second kappa shape index (κ2) is 8.55. The van der Waals surface area contributed by atoms with Gasteiger partial charge in [0.1, 0.15) is 5.69 Å². The number of halogens is 1. The van der Waals surface area contributed by atoms with Gasteiger partial charge in [-0.2, -0.15) is 0 Å². The van der Waals surface area contributed by atoms with Gasteiger partial charge in [-0.1, -0.05) is 43.3 Å². The van der Waals surface area contributed by atoms with Gasteiger partial charge in [0, 0.05) is 30.1 Å². The van der Waals surface area contributed by atoms with Crippen molar-refractivity contribution in [3.8, 4) is 22.4 Å². The normalized spacial score (nSPS) is 24.0. The lowest BCUT2D eigenvalue weighted by Gasteiger charge is -2.16. The Labute approximate surface area is 199 Å². The van der Waals surface area contributed by atoms with Crippen LogP contribution in [0.2, 0.25) is 0 Å². The van der Waals surface area contributed by atoms with Gasteiger partial charge in [-0.05, 0) is 66.3 Å². The van der Waals surface area contributed by atoms with E-state index in [1.54, 1.807) is 6.07 Å². The standard InChI is InChI=1S/C29H30FN3O/c1-17-3-12-24-21(16-34-29(17)24)13-23-14-26-27(32-23)15-25(30)28(33-26)20-6-4-18(5-7-20)19-8-10-22(31-2)11-9-19/h4-11,14-15,17,21,24,29,31-32H,3,12-13,16H2,1-2H3. The fraction of sp³-hybridized carbons (Fsp3) is 0.345. The first-order valence-corrected chi connectivity index (χ1v) is 12.3. The number of H-pyrrole nitrogens is 1. The zero-order chi connectivity index (χ0) is 23.2. The molecule has 1 saturated heterocycles. The summed E-state index contributed by atoms with van der Waals surface area (Å²) < 4.78 is 21.1. The van der Waals surface area contributed by atoms with Crippen LogP contribution in [-0.2, 0) is 11.2 Å². The van der Waals surface area contributed by atoms with E-state index in [9.17, 15) is 0 Å². The second-order valence-electron chi connectivity index (χ2n) is 9.93. The summed E-state index contributed by atoms with van der Waals surface area (Å²) in [5.41, 5.74) is 7.15. The Kier molecular flexibility index (Phi) is 5.37. The van der Waals surface area contributed by atoms with Gasteiger partial charge in [0.25, 0.3) is 0 Å². The fourth-order valence-corrected chi connectivity index (χ4v) is 5.90. The lowest BCUT2D eigenvalue weighted by atomic mass is 9.88. The van der Waals surface area contributed by atoms with Crippen LogP contribution in [0.1, 0.15) is 25.5 Å². The maximum atomic E-state index is 15.0. The number of nitrogens with one attached hydrogen (secondary N) is 2. The molecule has 4 aromatic rings. The Bertz CT molecular complexity index is 1310. The largest absolute Gasteiger partial charge is 0.388 e. The number of ether oxygens (including phenoxy) is 1. The number of pyridine rings is 1. The van der Waals surface area contributed by atoms with E-state index in [-0.39, 0.29) is 5.82 Å². The average molecular weight is 456 g/mol. The molecule has 0 bridgehead atoms. The molecule has 0 radical (unpaired) electrons. The van der Waals surface area contributed by atoms with Crippen molar-refractivity contribution in [3.05, 3.63) is 72.2 Å². The minimum Gasteiger partial charge on any atom is -0.388 e. The van der Waals surface area contributed by atoms with E-state index in [1.807, 2.05) is 43.4 Å². The summed E-state index contributed by atoms with van der Waals surface area (Å²) in [6.45, 7) is 3.13. The molecule has 174 valence electrons. The van der Waals surface area contributed by atoms with Crippen molar-refractivity contribution in [2.24, 2.45) is 17.8 Å². The molecule has 34 heavy (non-hydrogen) atoms. The van der Waals surface area contributed by atoms with E-state index in [0.29, 0.717) is 29.6 Å². The average Bonchev–Trinajstić information content (AvgIpc) is 3.55. The first-order chi connectivity index (χ1) is 16.6. The number of anilines is 1. The highest BCUT2D eigenvalue weighted by atomic mass is 19.1. The number of aromatic nitrogens is 2. The molecule has 4 unspecified atom stereocenters. The molecule has 2 aromatic carbocycles. The number of aromatic amines is 1. The number of nitrogens with zero attached hydrogens (tertiary/aromatic N) is 1. The Balaban J connectivity index is 1.24. The lowest BCUT2D eigenvalue weighted by Crippen LogP contribution is -2.19. The quantitative estimate of drug-likeness (QED) is 0.353. The summed E-state index contributed by atoms with van der Waals surface area (Å²) in [5, 5.41) is 3.13. The first kappa shape index (κ1) is 21.4. The summed E-state index contributed by atoms with van der Waals surface area (Å²) in [7, 11) is 1.91. The summed E-state index contributed by atoms with van der Waals surface area (Å²) in [5.74, 6) is 1.53. The highest BCUT2D eigenvalue weighted by Crippen LogP contribution is 2.44. The van der Waals surface area contributed by atoms with Crippen LogP contribution in [0.4, 0.5) is 10.1 Å². The van der Waals surface area contributed by atoms with E-state index in [2.05, 4.69) is 35.4 Å². The van der Waals surface area contributed by atoms with E-state index >= 15 is 4.39 Å². The second-order valence-corrected chi connectivity index (χ2v) is 9.93. The highest BCUT2D eigenvalue weighted by molar-refractivity contribution is 5.80. The van der Waals surface area contributed by atoms with Gasteiger partial charge in [-0.3, -0.25) is 0 Å². The summed E-state index contributed by atoms with van der Waals surface area (Å²) in [6.07, 6.45) is 3.86. The van der Waals surface area contributed by atoms with Crippen molar-refractivity contribution in [2.45, 2.75) is 32.3 Å². The van der Waals surface area contributed by atoms with E-state index in [1.165, 1.54) is 12.8 Å². The number of hydrogen-bond acceptors (Lipinski definition) is 3. The zero-order valence-corrected chi connectivity index (χ0v) is 19.6. The summed E-state index contributed by atoms with van der Waals surface area (Å²) in [6, 6.07) is 19.9. The molecule has 5 heteroatoms. The molecule has 4 atom stereocenters. The third-order valence-electron chi connectivity index (χ3n) is 7.81. The molecule has 2 fully saturated rings. The Morgan fingerprint density at radius 2 is 1.71 bits per heavy atom. The number of rotatable bonds is 5. The molecule has 2 N–H and O–H groups in total. The van der Waals surface area contributed by atoms with Crippen LogP contribution in [0, 0.1) is 23.6 Å². The van der Waals surface area contributed by atoms with E-state index < -0.39 is 0 Å². The fourth-order valence-electron chi connectivity index (χ4n) is 5.90. The highest BCUT2D eigenvalue weighted by Gasteiger charge is 2.44. The minimum atomic E-state index is -0.305. The minimum absolute atomic E-state index is 0.305. The van der Waals surface area contributed by atoms with Crippen LogP contribution in [0.3, 0.4) is 0 Å². The first-order valence-electron chi connectivity index (χ1n) is 12.3. The number of hydrogen-bond donors (Lipinski definition) is 2. The molecule has 1 aliphatic heterocycles. The van der Waals surface area contributed by atoms with Crippen LogP contribution in [0.5, 0.6) is 0 Å². The van der Waals surface area contributed by atoms with Crippen molar-refractivity contribution in [2.75, 3.05) is 19.0 Å². The topological polar surface area (TPSA) is 49.9 Å². The Hall–Kier alpha value is -3.18. The van der Waals surface area contributed by atoms with Crippen molar-refractivity contribution >= 4 is 16.7 Å². The SMILES string of the molecule is CNc1ccc(-c2ccc(-c3nc4cc(CC5COC6C(C)CCC56)[nH]c4cc3F)cc2)cc1. The van der Waals surface area contributed by atoms with Crippen molar-refractivity contribution in [1.82, 2.24) is 9.97 Å². The van der Waals surface area contributed by atoms with E-state index in [0.717, 1.165) is 52.1 Å². The van der Waals surface area contributed by atoms with Gasteiger partial charge in [0.05, 0.1) is 23.7 Å². The van der Waals surface area contributed by atoms with E-state index in [4.69, 9.17) is 9.72 Å². The Morgan fingerprint density at radius 1 is 1.00 bits per heavy atom. The van der Waals surface area contributed by atoms with Crippen molar-refractivity contribution in [1.29, 1.82) is 0 Å². The number of fused-ring (bicyclic) bond motifs is 2. The van der Waals surface area contributed by atoms with Gasteiger partial charge < -0.3 is 15.0 Å². The zero-order valence-electron chi connectivity index (χ0n) is 19.6. The van der Waals surface area contributed by atoms with Crippen LogP contribution in [0.15, 0.2) is 60.7 Å². The molecule has 3 heterocycles. The van der Waals surface area contributed by atoms with Gasteiger partial charge in [-0.15, -0.1) is 0 Å². The molecule has 2 aliphatic rings. The van der Waals surface area contributed by atoms with Gasteiger partial charge in [0.2, 0.25) is 0 Å². The van der Waals surface area contributed by atoms with Crippen LogP contribution < -0.4 is 5.32 Å². The third kappa shape index (κ3) is 3.78. The van der Waals surface area contributed by atoms with Gasteiger partial charge >= 0.3 is 0 Å².